The van der Waals surface area contributed by atoms with E-state index in [-0.39, 0.29) is 23.4 Å². The maximum Gasteiger partial charge on any atom is 0.315 e. The minimum Gasteiger partial charge on any atom is -0.595 e. The fourth-order valence-electron chi connectivity index (χ4n) is 5.53. The number of pyridine rings is 1. The van der Waals surface area contributed by atoms with E-state index in [1.165, 1.54) is 22.5 Å². The zero-order valence-corrected chi connectivity index (χ0v) is 18.2. The highest BCUT2D eigenvalue weighted by atomic mass is 16.8. The standard InChI is InChI=1S/C24H28N4O4/c1-25-14-17(19-6-2-3-7-21(19)25)5-4-8-23(29)26-12-16-11-18(15-26)20-9-10-22(28(31)32)24(30)27(20)13-16/h2-3,6-7,9-10,14,16,18,28,31H,4-5,8,11-13,15H2,1H3/t16-,18+/m0/s1. The molecule has 1 aromatic carbocycles. The lowest BCUT2D eigenvalue weighted by Gasteiger charge is -2.43. The third-order valence-corrected chi connectivity index (χ3v) is 7.00. The van der Waals surface area contributed by atoms with Crippen molar-refractivity contribution in [1.82, 2.24) is 14.0 Å². The number of carbonyl (C=O) groups is 1. The van der Waals surface area contributed by atoms with E-state index in [0.29, 0.717) is 26.1 Å². The van der Waals surface area contributed by atoms with Crippen molar-refractivity contribution in [3.8, 4) is 0 Å². The molecule has 1 amide bonds. The summed E-state index contributed by atoms with van der Waals surface area (Å²) in [7, 11) is 2.05. The van der Waals surface area contributed by atoms with E-state index < -0.39 is 10.8 Å². The highest BCUT2D eigenvalue weighted by Crippen LogP contribution is 2.35. The van der Waals surface area contributed by atoms with Crippen LogP contribution in [-0.4, -0.2) is 38.2 Å². The fraction of sp³-hybridized carbons (Fsp3) is 0.417. The molecule has 2 aromatic heterocycles. The van der Waals surface area contributed by atoms with Gasteiger partial charge >= 0.3 is 5.56 Å². The number of amides is 1. The zero-order chi connectivity index (χ0) is 22.4. The van der Waals surface area contributed by atoms with Crippen LogP contribution in [0.1, 0.15) is 36.4 Å². The fourth-order valence-corrected chi connectivity index (χ4v) is 5.53. The molecular weight excluding hydrogens is 408 g/mol. The molecule has 8 heteroatoms. The molecule has 2 aliphatic heterocycles. The van der Waals surface area contributed by atoms with E-state index in [1.807, 2.05) is 24.1 Å². The van der Waals surface area contributed by atoms with Gasteiger partial charge in [0, 0.05) is 67.9 Å². The first-order chi connectivity index (χ1) is 15.4. The van der Waals surface area contributed by atoms with Crippen LogP contribution in [-0.2, 0) is 24.8 Å². The number of rotatable bonds is 5. The Hall–Kier alpha value is -2.94. The number of hydrogen-bond acceptors (Lipinski definition) is 4. The smallest absolute Gasteiger partial charge is 0.315 e. The molecule has 0 saturated carbocycles. The van der Waals surface area contributed by atoms with E-state index in [9.17, 15) is 20.0 Å². The lowest BCUT2D eigenvalue weighted by molar-refractivity contribution is -0.992. The van der Waals surface area contributed by atoms with Gasteiger partial charge in [-0.2, -0.15) is 5.23 Å². The van der Waals surface area contributed by atoms with E-state index in [4.69, 9.17) is 0 Å². The van der Waals surface area contributed by atoms with Crippen molar-refractivity contribution in [2.75, 3.05) is 13.1 Å². The summed E-state index contributed by atoms with van der Waals surface area (Å²) in [6, 6.07) is 11.5. The van der Waals surface area contributed by atoms with E-state index in [1.54, 1.807) is 10.6 Å². The van der Waals surface area contributed by atoms with Crippen LogP contribution in [0, 0.1) is 11.1 Å². The van der Waals surface area contributed by atoms with Crippen LogP contribution in [0.5, 0.6) is 0 Å². The number of para-hydroxylation sites is 1. The first-order valence-corrected chi connectivity index (χ1v) is 11.2. The normalized spacial score (nSPS) is 20.9. The Bertz CT molecular complexity index is 1230. The third-order valence-electron chi connectivity index (χ3n) is 7.00. The molecule has 0 aliphatic carbocycles. The molecule has 4 heterocycles. The number of aromatic nitrogens is 2. The molecule has 0 spiro atoms. The number of nitrogens with zero attached hydrogens (tertiary/aromatic N) is 3. The van der Waals surface area contributed by atoms with Gasteiger partial charge in [-0.25, -0.2) is 5.21 Å². The second-order valence-corrected chi connectivity index (χ2v) is 9.13. The van der Waals surface area contributed by atoms with Gasteiger partial charge in [-0.1, -0.05) is 18.2 Å². The summed E-state index contributed by atoms with van der Waals surface area (Å²) in [5, 5.41) is 20.6. The maximum absolute atomic E-state index is 13.0. The molecule has 1 saturated heterocycles. The Kier molecular flexibility index (Phi) is 5.36. The molecule has 0 radical (unpaired) electrons. The van der Waals surface area contributed by atoms with Gasteiger partial charge in [-0.05, 0) is 42.9 Å². The van der Waals surface area contributed by atoms with Gasteiger partial charge in [-0.15, -0.1) is 0 Å². The Morgan fingerprint density at radius 3 is 2.81 bits per heavy atom. The van der Waals surface area contributed by atoms with Crippen LogP contribution in [0.4, 0.5) is 5.69 Å². The van der Waals surface area contributed by atoms with Gasteiger partial charge in [0.1, 0.15) is 0 Å². The molecule has 3 aromatic rings. The Balaban J connectivity index is 1.25. The number of benzene rings is 1. The summed E-state index contributed by atoms with van der Waals surface area (Å²) in [5.41, 5.74) is 2.71. The topological polar surface area (TPSA) is 95.0 Å². The van der Waals surface area contributed by atoms with Crippen LogP contribution < -0.4 is 10.8 Å². The summed E-state index contributed by atoms with van der Waals surface area (Å²) < 4.78 is 3.75. The van der Waals surface area contributed by atoms with Crippen LogP contribution in [0.25, 0.3) is 10.9 Å². The first kappa shape index (κ1) is 20.9. The molecule has 2 aliphatic rings. The molecule has 2 bridgehead atoms. The van der Waals surface area contributed by atoms with Crippen molar-refractivity contribution in [2.24, 2.45) is 13.0 Å². The molecule has 3 atom stereocenters. The molecule has 5 rings (SSSR count). The number of likely N-dealkylation sites (tertiary alicyclic amines) is 1. The zero-order valence-electron chi connectivity index (χ0n) is 18.2. The number of quaternary nitrogens is 1. The van der Waals surface area contributed by atoms with E-state index in [2.05, 4.69) is 22.9 Å². The van der Waals surface area contributed by atoms with Crippen LogP contribution in [0.3, 0.4) is 0 Å². The van der Waals surface area contributed by atoms with Gasteiger partial charge < -0.3 is 19.2 Å². The molecule has 168 valence electrons. The van der Waals surface area contributed by atoms with Crippen molar-refractivity contribution < 1.29 is 15.2 Å². The highest BCUT2D eigenvalue weighted by Gasteiger charge is 2.37. The summed E-state index contributed by atoms with van der Waals surface area (Å²) in [4.78, 5) is 27.5. The number of fused-ring (bicyclic) bond motifs is 5. The van der Waals surface area contributed by atoms with Gasteiger partial charge in [0.05, 0.1) is 0 Å². The van der Waals surface area contributed by atoms with Gasteiger partial charge in [-0.3, -0.25) is 9.59 Å². The molecular formula is C24H28N4O4. The average Bonchev–Trinajstić information content (AvgIpc) is 3.10. The lowest BCUT2D eigenvalue weighted by Crippen LogP contribution is -3.00. The second-order valence-electron chi connectivity index (χ2n) is 9.13. The predicted octanol–water partition coefficient (Wildman–Crippen LogP) is 1.71. The quantitative estimate of drug-likeness (QED) is 0.596. The maximum atomic E-state index is 13.0. The number of hydrogen-bond donors (Lipinski definition) is 2. The van der Waals surface area contributed by atoms with Crippen molar-refractivity contribution >= 4 is 22.5 Å². The summed E-state index contributed by atoms with van der Waals surface area (Å²) in [6.45, 7) is 1.70. The molecule has 2 N–H and O–H groups in total. The molecule has 1 fully saturated rings. The first-order valence-electron chi connectivity index (χ1n) is 11.2. The van der Waals surface area contributed by atoms with Gasteiger partial charge in [0.2, 0.25) is 11.6 Å². The second kappa shape index (κ2) is 8.20. The Labute approximate surface area is 185 Å². The average molecular weight is 437 g/mol. The SMILES string of the molecule is Cn1cc(CCCC(=O)N2C[C@@H]3C[C@H](C2)c2ccc([NH+]([O-])O)c(=O)n2C3)c2ccccc21. The number of nitrogens with one attached hydrogen (secondary N) is 1. The van der Waals surface area contributed by atoms with Crippen molar-refractivity contribution in [1.29, 1.82) is 0 Å². The van der Waals surface area contributed by atoms with Crippen molar-refractivity contribution in [3.63, 3.8) is 0 Å². The lowest BCUT2D eigenvalue weighted by atomic mass is 9.83. The molecule has 1 unspecified atom stereocenters. The van der Waals surface area contributed by atoms with Gasteiger partial charge in [0.25, 0.3) is 0 Å². The van der Waals surface area contributed by atoms with E-state index >= 15 is 0 Å². The van der Waals surface area contributed by atoms with Crippen molar-refractivity contribution in [3.05, 3.63) is 69.4 Å². The summed E-state index contributed by atoms with van der Waals surface area (Å²) in [6.07, 6.45) is 5.26. The minimum atomic E-state index is -1.19. The Morgan fingerprint density at radius 2 is 2.00 bits per heavy atom. The third kappa shape index (κ3) is 3.64. The Morgan fingerprint density at radius 1 is 1.19 bits per heavy atom. The van der Waals surface area contributed by atoms with E-state index in [0.717, 1.165) is 25.0 Å². The summed E-state index contributed by atoms with van der Waals surface area (Å²) in [5.74, 6) is 0.433. The van der Waals surface area contributed by atoms with Crippen LogP contribution in [0.15, 0.2) is 47.4 Å². The molecule has 8 nitrogen and oxygen atoms in total. The number of aryl methyl sites for hydroxylation is 2. The summed E-state index contributed by atoms with van der Waals surface area (Å²) >= 11 is 0. The minimum absolute atomic E-state index is 0.0834. The number of piperidine rings is 1. The van der Waals surface area contributed by atoms with Gasteiger partial charge in [0.15, 0.2) is 0 Å². The van der Waals surface area contributed by atoms with Crippen LogP contribution >= 0.6 is 0 Å². The predicted molar refractivity (Wildman–Crippen MR) is 120 cm³/mol. The monoisotopic (exact) mass is 436 g/mol. The molecule has 32 heavy (non-hydrogen) atoms. The van der Waals surface area contributed by atoms with Crippen molar-refractivity contribution in [2.45, 2.75) is 38.1 Å². The number of carbonyl (C=O) groups excluding carboxylic acids is 1. The van der Waals surface area contributed by atoms with Crippen LogP contribution in [0.2, 0.25) is 0 Å². The highest BCUT2D eigenvalue weighted by molar-refractivity contribution is 5.84. The largest absolute Gasteiger partial charge is 0.595 e.